The van der Waals surface area contributed by atoms with Crippen LogP contribution in [0.15, 0.2) is 0 Å². The number of carboxylic acid groups (broad SMARTS) is 1. The molecule has 0 aliphatic rings. The number of nitrogens with zero attached hydrogens (tertiary/aromatic N) is 1. The second-order valence-electron chi connectivity index (χ2n) is 9.37. The third-order valence-electron chi connectivity index (χ3n) is 6.29. The number of carbonyl (C=O) groups excluding carboxylic acids is 1. The number of unbranched alkanes of at least 4 members (excludes halogenated alkanes) is 13. The van der Waals surface area contributed by atoms with E-state index in [1.807, 2.05) is 13.8 Å². The van der Waals surface area contributed by atoms with Crippen molar-refractivity contribution in [2.45, 2.75) is 123 Å². The van der Waals surface area contributed by atoms with Gasteiger partial charge in [-0.25, -0.2) is 0 Å². The van der Waals surface area contributed by atoms with Crippen LogP contribution in [0, 0.1) is 0 Å². The van der Waals surface area contributed by atoms with Gasteiger partial charge in [0, 0.05) is 12.4 Å². The molecule has 3 heteroatoms. The van der Waals surface area contributed by atoms with Gasteiger partial charge in [-0.3, -0.25) is 0 Å². The molecule has 156 valence electrons. The Balaban J connectivity index is 3.51. The number of aliphatic carboxylic acids is 1. The highest BCUT2D eigenvalue weighted by molar-refractivity contribution is 5.65. The summed E-state index contributed by atoms with van der Waals surface area (Å²) in [6.07, 6.45) is 19.3. The van der Waals surface area contributed by atoms with Gasteiger partial charge in [0.25, 0.3) is 0 Å². The molecule has 26 heavy (non-hydrogen) atoms. The predicted octanol–water partition coefficient (Wildman–Crippen LogP) is 5.46. The van der Waals surface area contributed by atoms with Crippen LogP contribution in [0.5, 0.6) is 0 Å². The first-order valence-corrected chi connectivity index (χ1v) is 11.3. The van der Waals surface area contributed by atoms with Crippen molar-refractivity contribution in [2.24, 2.45) is 0 Å². The summed E-state index contributed by atoms with van der Waals surface area (Å²) in [7, 11) is 4.29. The normalized spacial score (nSPS) is 12.5. The predicted molar refractivity (Wildman–Crippen MR) is 111 cm³/mol. The van der Waals surface area contributed by atoms with Crippen LogP contribution in [0.25, 0.3) is 0 Å². The minimum Gasteiger partial charge on any atom is -0.550 e. The standard InChI is InChI=1S/C23H47NO2/c1-6-7-8-9-10-11-12-13-14-15-16-17-18-19-20-24(4,5)23(2,3)21-22(25)26/h6-21H2,1-5H3. The Kier molecular flexibility index (Phi) is 14.2. The average Bonchev–Trinajstić information content (AvgIpc) is 2.53. The molecule has 0 spiro atoms. The minimum absolute atomic E-state index is 0.124. The molecule has 3 nitrogen and oxygen atoms in total. The van der Waals surface area contributed by atoms with E-state index < -0.39 is 5.97 Å². The molecule has 0 N–H and O–H groups in total. The SMILES string of the molecule is CCCCCCCCCCCCCCCC[N+](C)(C)C(C)(C)CC(=O)[O-]. The van der Waals surface area contributed by atoms with Gasteiger partial charge in [-0.1, -0.05) is 84.0 Å². The maximum Gasteiger partial charge on any atom is 0.0984 e. The van der Waals surface area contributed by atoms with Crippen LogP contribution in [0.2, 0.25) is 0 Å². The topological polar surface area (TPSA) is 40.1 Å². The summed E-state index contributed by atoms with van der Waals surface area (Å²) in [5, 5.41) is 10.9. The van der Waals surface area contributed by atoms with E-state index in [1.165, 1.54) is 89.9 Å². The largest absolute Gasteiger partial charge is 0.550 e. The molecule has 0 aromatic rings. The molecule has 0 unspecified atom stereocenters. The zero-order valence-electron chi connectivity index (χ0n) is 18.6. The van der Waals surface area contributed by atoms with E-state index in [0.717, 1.165) is 11.0 Å². The lowest BCUT2D eigenvalue weighted by atomic mass is 9.95. The maximum absolute atomic E-state index is 10.9. The molecule has 0 saturated heterocycles. The minimum atomic E-state index is -0.942. The molecule has 0 saturated carbocycles. The zero-order valence-corrected chi connectivity index (χ0v) is 18.6. The highest BCUT2D eigenvalue weighted by Gasteiger charge is 2.35. The molecule has 0 rings (SSSR count). The van der Waals surface area contributed by atoms with E-state index in [9.17, 15) is 9.90 Å². The van der Waals surface area contributed by atoms with Gasteiger partial charge in [-0.2, -0.15) is 0 Å². The molecule has 0 atom stereocenters. The highest BCUT2D eigenvalue weighted by Crippen LogP contribution is 2.25. The fraction of sp³-hybridized carbons (Fsp3) is 0.957. The van der Waals surface area contributed by atoms with Crippen LogP contribution >= 0.6 is 0 Å². The van der Waals surface area contributed by atoms with E-state index in [-0.39, 0.29) is 12.0 Å². The van der Waals surface area contributed by atoms with Gasteiger partial charge in [0.05, 0.1) is 26.2 Å². The van der Waals surface area contributed by atoms with Crippen molar-refractivity contribution in [2.75, 3.05) is 20.6 Å². The number of hydrogen-bond donors (Lipinski definition) is 0. The lowest BCUT2D eigenvalue weighted by molar-refractivity contribution is -0.937. The van der Waals surface area contributed by atoms with Crippen LogP contribution in [-0.2, 0) is 4.79 Å². The van der Waals surface area contributed by atoms with Crippen molar-refractivity contribution in [3.05, 3.63) is 0 Å². The summed E-state index contributed by atoms with van der Waals surface area (Å²) in [5.74, 6) is -0.942. The van der Waals surface area contributed by atoms with Crippen LogP contribution in [0.1, 0.15) is 117 Å². The summed E-state index contributed by atoms with van der Waals surface area (Å²) in [5.41, 5.74) is -0.268. The van der Waals surface area contributed by atoms with Gasteiger partial charge in [-0.15, -0.1) is 0 Å². The van der Waals surface area contributed by atoms with Crippen LogP contribution in [-0.4, -0.2) is 36.6 Å². The highest BCUT2D eigenvalue weighted by atomic mass is 16.4. The van der Waals surface area contributed by atoms with Crippen molar-refractivity contribution < 1.29 is 14.4 Å². The molecule has 0 aromatic heterocycles. The lowest BCUT2D eigenvalue weighted by Crippen LogP contribution is -2.58. The second kappa shape index (κ2) is 14.5. The molecule has 0 fully saturated rings. The lowest BCUT2D eigenvalue weighted by Gasteiger charge is -2.45. The van der Waals surface area contributed by atoms with E-state index in [1.54, 1.807) is 0 Å². The van der Waals surface area contributed by atoms with Gasteiger partial charge in [0.1, 0.15) is 0 Å². The molecule has 0 radical (unpaired) electrons. The third kappa shape index (κ3) is 12.7. The first-order valence-electron chi connectivity index (χ1n) is 11.3. The number of hydrogen-bond acceptors (Lipinski definition) is 2. The Labute approximate surface area is 164 Å². The van der Waals surface area contributed by atoms with Crippen molar-refractivity contribution in [3.8, 4) is 0 Å². The Morgan fingerprint density at radius 1 is 0.731 bits per heavy atom. The summed E-state index contributed by atoms with van der Waals surface area (Å²) < 4.78 is 0.749. The summed E-state index contributed by atoms with van der Waals surface area (Å²) in [6, 6.07) is 0. The van der Waals surface area contributed by atoms with Gasteiger partial charge in [0.15, 0.2) is 0 Å². The fourth-order valence-electron chi connectivity index (χ4n) is 3.57. The quantitative estimate of drug-likeness (QED) is 0.238. The van der Waals surface area contributed by atoms with Crippen LogP contribution < -0.4 is 5.11 Å². The molecule has 0 heterocycles. The number of rotatable bonds is 18. The molecule has 0 aromatic carbocycles. The molecule has 0 amide bonds. The Morgan fingerprint density at radius 3 is 1.42 bits per heavy atom. The Bertz CT molecular complexity index is 350. The first-order chi connectivity index (χ1) is 12.2. The third-order valence-corrected chi connectivity index (χ3v) is 6.29. The smallest absolute Gasteiger partial charge is 0.0984 e. The number of carboxylic acids is 1. The second-order valence-corrected chi connectivity index (χ2v) is 9.37. The van der Waals surface area contributed by atoms with Gasteiger partial charge >= 0.3 is 0 Å². The molecule has 0 bridgehead atoms. The van der Waals surface area contributed by atoms with E-state index in [2.05, 4.69) is 21.0 Å². The summed E-state index contributed by atoms with van der Waals surface area (Å²) in [4.78, 5) is 10.9. The van der Waals surface area contributed by atoms with Gasteiger partial charge in [0.2, 0.25) is 0 Å². The van der Waals surface area contributed by atoms with E-state index >= 15 is 0 Å². The van der Waals surface area contributed by atoms with Crippen LogP contribution in [0.4, 0.5) is 0 Å². The monoisotopic (exact) mass is 369 g/mol. The molecular weight excluding hydrogens is 322 g/mol. The Morgan fingerprint density at radius 2 is 1.08 bits per heavy atom. The van der Waals surface area contributed by atoms with Crippen molar-refractivity contribution in [1.82, 2.24) is 0 Å². The summed E-state index contributed by atoms with van der Waals surface area (Å²) >= 11 is 0. The van der Waals surface area contributed by atoms with Gasteiger partial charge < -0.3 is 14.4 Å². The maximum atomic E-state index is 10.9. The van der Waals surface area contributed by atoms with E-state index in [0.29, 0.717) is 0 Å². The van der Waals surface area contributed by atoms with E-state index in [4.69, 9.17) is 0 Å². The van der Waals surface area contributed by atoms with Crippen molar-refractivity contribution in [1.29, 1.82) is 0 Å². The number of carbonyl (C=O) groups is 1. The molecule has 0 aliphatic carbocycles. The Hall–Kier alpha value is -0.570. The first kappa shape index (κ1) is 25.4. The molecular formula is C23H47NO2. The van der Waals surface area contributed by atoms with Gasteiger partial charge in [-0.05, 0) is 26.7 Å². The summed E-state index contributed by atoms with van der Waals surface area (Å²) in [6.45, 7) is 7.38. The average molecular weight is 370 g/mol. The fourth-order valence-corrected chi connectivity index (χ4v) is 3.57. The van der Waals surface area contributed by atoms with Crippen molar-refractivity contribution >= 4 is 5.97 Å². The zero-order chi connectivity index (χ0) is 19.9. The van der Waals surface area contributed by atoms with Crippen molar-refractivity contribution in [3.63, 3.8) is 0 Å². The number of quaternary nitrogens is 1. The van der Waals surface area contributed by atoms with Crippen LogP contribution in [0.3, 0.4) is 0 Å². The molecule has 0 aliphatic heterocycles.